The number of halogens is 1. The molecule has 0 radical (unpaired) electrons. The van der Waals surface area contributed by atoms with Gasteiger partial charge in [-0.25, -0.2) is 9.97 Å². The van der Waals surface area contributed by atoms with Crippen LogP contribution in [0.5, 0.6) is 0 Å². The number of nitrogens with zero attached hydrogens (tertiary/aromatic N) is 4. The monoisotopic (exact) mass is 399 g/mol. The fraction of sp³-hybridized carbons (Fsp3) is 0.545. The zero-order valence-electron chi connectivity index (χ0n) is 16.9. The van der Waals surface area contributed by atoms with Crippen LogP contribution in [-0.4, -0.2) is 65.6 Å². The summed E-state index contributed by atoms with van der Waals surface area (Å²) < 4.78 is 0. The van der Waals surface area contributed by atoms with E-state index in [-0.39, 0.29) is 0 Å². The van der Waals surface area contributed by atoms with E-state index in [1.165, 1.54) is 24.1 Å². The van der Waals surface area contributed by atoms with Crippen LogP contribution in [0.1, 0.15) is 31.0 Å². The molecule has 6 heteroatoms. The van der Waals surface area contributed by atoms with Crippen molar-refractivity contribution in [3.8, 4) is 11.4 Å². The molecule has 1 atom stereocenters. The summed E-state index contributed by atoms with van der Waals surface area (Å²) in [6.07, 6.45) is 4.52. The van der Waals surface area contributed by atoms with Gasteiger partial charge in [0.2, 0.25) is 0 Å². The van der Waals surface area contributed by atoms with Crippen LogP contribution < -0.4 is 5.32 Å². The molecule has 5 nitrogen and oxygen atoms in total. The Morgan fingerprint density at radius 3 is 2.68 bits per heavy atom. The fourth-order valence-electron chi connectivity index (χ4n) is 4.13. The van der Waals surface area contributed by atoms with E-state index in [1.807, 2.05) is 24.3 Å². The third-order valence-corrected chi connectivity index (χ3v) is 6.23. The van der Waals surface area contributed by atoms with Gasteiger partial charge in [0.15, 0.2) is 5.82 Å². The number of anilines is 1. The minimum absolute atomic E-state index is 0.484. The maximum Gasteiger partial charge on any atom is 0.161 e. The van der Waals surface area contributed by atoms with Crippen LogP contribution in [0.2, 0.25) is 5.02 Å². The van der Waals surface area contributed by atoms with Crippen molar-refractivity contribution in [2.24, 2.45) is 0 Å². The summed E-state index contributed by atoms with van der Waals surface area (Å²) in [7, 11) is 2.20. The van der Waals surface area contributed by atoms with Crippen molar-refractivity contribution < 1.29 is 0 Å². The predicted molar refractivity (Wildman–Crippen MR) is 116 cm³/mol. The predicted octanol–water partition coefficient (Wildman–Crippen LogP) is 3.72. The van der Waals surface area contributed by atoms with Crippen LogP contribution in [0.15, 0.2) is 24.3 Å². The van der Waals surface area contributed by atoms with Crippen molar-refractivity contribution in [3.05, 3.63) is 40.5 Å². The molecule has 2 aliphatic rings. The second-order valence-electron chi connectivity index (χ2n) is 8.11. The Balaban J connectivity index is 1.54. The zero-order chi connectivity index (χ0) is 19.5. The first kappa shape index (κ1) is 19.6. The second kappa shape index (κ2) is 8.76. The van der Waals surface area contributed by atoms with Crippen LogP contribution >= 0.6 is 11.6 Å². The number of fused-ring (bicyclic) bond motifs is 1. The van der Waals surface area contributed by atoms with E-state index in [9.17, 15) is 0 Å². The molecule has 0 bridgehead atoms. The lowest BCUT2D eigenvalue weighted by Gasteiger charge is -2.36. The molecule has 1 saturated heterocycles. The minimum atomic E-state index is 0.484. The lowest BCUT2D eigenvalue weighted by Crippen LogP contribution is -2.50. The van der Waals surface area contributed by atoms with Gasteiger partial charge in [-0.2, -0.15) is 0 Å². The van der Waals surface area contributed by atoms with Crippen LogP contribution in [0.3, 0.4) is 0 Å². The highest BCUT2D eigenvalue weighted by Crippen LogP contribution is 2.29. The molecule has 4 rings (SSSR count). The van der Waals surface area contributed by atoms with Gasteiger partial charge in [0, 0.05) is 60.6 Å². The molecule has 0 saturated carbocycles. The van der Waals surface area contributed by atoms with Gasteiger partial charge >= 0.3 is 0 Å². The molecule has 2 heterocycles. The number of aryl methyl sites for hydroxylation is 1. The standard InChI is InChI=1S/C22H30ClN5/c1-16(28-12-10-27(2)11-13-28)15-24-22-19-8-3-4-9-20(19)25-21(26-22)17-6-5-7-18(23)14-17/h5-7,14,16H,3-4,8-13,15H2,1-2H3,(H,24,25,26). The summed E-state index contributed by atoms with van der Waals surface area (Å²) in [6.45, 7) is 7.77. The zero-order valence-corrected chi connectivity index (χ0v) is 17.7. The molecule has 2 aromatic rings. The molecule has 1 aromatic heterocycles. The SMILES string of the molecule is CC(CNc1nc(-c2cccc(Cl)c2)nc2c1CCCC2)N1CCN(C)CC1. The number of nitrogens with one attached hydrogen (secondary N) is 1. The molecule has 0 amide bonds. The van der Waals surface area contributed by atoms with Crippen molar-refractivity contribution in [2.75, 3.05) is 45.1 Å². The van der Waals surface area contributed by atoms with Gasteiger partial charge in [0.1, 0.15) is 5.82 Å². The summed E-state index contributed by atoms with van der Waals surface area (Å²) in [4.78, 5) is 14.8. The number of benzene rings is 1. The molecule has 1 aliphatic heterocycles. The van der Waals surface area contributed by atoms with E-state index in [0.717, 1.165) is 67.8 Å². The normalized spacial score (nSPS) is 19.2. The summed E-state index contributed by atoms with van der Waals surface area (Å²) >= 11 is 6.20. The van der Waals surface area contributed by atoms with Crippen molar-refractivity contribution in [1.82, 2.24) is 19.8 Å². The van der Waals surface area contributed by atoms with Gasteiger partial charge < -0.3 is 10.2 Å². The van der Waals surface area contributed by atoms with Crippen LogP contribution in [0.4, 0.5) is 5.82 Å². The molecular formula is C22H30ClN5. The van der Waals surface area contributed by atoms with E-state index in [4.69, 9.17) is 21.6 Å². The van der Waals surface area contributed by atoms with E-state index < -0.39 is 0 Å². The summed E-state index contributed by atoms with van der Waals surface area (Å²) in [6, 6.07) is 8.32. The second-order valence-corrected chi connectivity index (χ2v) is 8.54. The van der Waals surface area contributed by atoms with Crippen LogP contribution in [-0.2, 0) is 12.8 Å². The van der Waals surface area contributed by atoms with E-state index >= 15 is 0 Å². The molecule has 150 valence electrons. The van der Waals surface area contributed by atoms with Gasteiger partial charge in [0.25, 0.3) is 0 Å². The summed E-state index contributed by atoms with van der Waals surface area (Å²) in [5.41, 5.74) is 3.49. The quantitative estimate of drug-likeness (QED) is 0.830. The summed E-state index contributed by atoms with van der Waals surface area (Å²) in [5.74, 6) is 1.79. The van der Waals surface area contributed by atoms with Crippen molar-refractivity contribution in [3.63, 3.8) is 0 Å². The molecule has 1 unspecified atom stereocenters. The first-order chi connectivity index (χ1) is 13.6. The van der Waals surface area contributed by atoms with Crippen molar-refractivity contribution in [1.29, 1.82) is 0 Å². The molecular weight excluding hydrogens is 370 g/mol. The number of hydrogen-bond acceptors (Lipinski definition) is 5. The fourth-order valence-corrected chi connectivity index (χ4v) is 4.32. The first-order valence-electron chi connectivity index (χ1n) is 10.4. The van der Waals surface area contributed by atoms with Gasteiger partial charge in [-0.3, -0.25) is 4.90 Å². The molecule has 1 aromatic carbocycles. The Kier molecular flexibility index (Phi) is 6.14. The van der Waals surface area contributed by atoms with E-state index in [0.29, 0.717) is 6.04 Å². The van der Waals surface area contributed by atoms with E-state index in [2.05, 4.69) is 29.1 Å². The molecule has 1 N–H and O–H groups in total. The average molecular weight is 400 g/mol. The number of hydrogen-bond donors (Lipinski definition) is 1. The highest BCUT2D eigenvalue weighted by Gasteiger charge is 2.22. The number of likely N-dealkylation sites (N-methyl/N-ethyl adjacent to an activating group) is 1. The maximum absolute atomic E-state index is 6.20. The van der Waals surface area contributed by atoms with Gasteiger partial charge in [0.05, 0.1) is 0 Å². The Labute approximate surface area is 173 Å². The third kappa shape index (κ3) is 4.48. The smallest absolute Gasteiger partial charge is 0.161 e. The lowest BCUT2D eigenvalue weighted by molar-refractivity contribution is 0.123. The van der Waals surface area contributed by atoms with Crippen molar-refractivity contribution >= 4 is 17.4 Å². The Bertz CT molecular complexity index is 817. The van der Waals surface area contributed by atoms with Crippen LogP contribution in [0.25, 0.3) is 11.4 Å². The highest BCUT2D eigenvalue weighted by atomic mass is 35.5. The number of aromatic nitrogens is 2. The third-order valence-electron chi connectivity index (χ3n) is 5.99. The molecule has 1 fully saturated rings. The summed E-state index contributed by atoms with van der Waals surface area (Å²) in [5, 5.41) is 4.39. The average Bonchev–Trinajstić information content (AvgIpc) is 2.72. The van der Waals surface area contributed by atoms with E-state index in [1.54, 1.807) is 0 Å². The maximum atomic E-state index is 6.20. The largest absolute Gasteiger partial charge is 0.368 e. The first-order valence-corrected chi connectivity index (χ1v) is 10.8. The number of rotatable bonds is 5. The lowest BCUT2D eigenvalue weighted by atomic mass is 9.96. The van der Waals surface area contributed by atoms with Crippen LogP contribution in [0, 0.1) is 0 Å². The van der Waals surface area contributed by atoms with Gasteiger partial charge in [-0.1, -0.05) is 23.7 Å². The topological polar surface area (TPSA) is 44.3 Å². The Morgan fingerprint density at radius 1 is 1.11 bits per heavy atom. The molecule has 0 spiro atoms. The molecule has 28 heavy (non-hydrogen) atoms. The highest BCUT2D eigenvalue weighted by molar-refractivity contribution is 6.30. The van der Waals surface area contributed by atoms with Gasteiger partial charge in [-0.05, 0) is 51.8 Å². The van der Waals surface area contributed by atoms with Crippen molar-refractivity contribution in [2.45, 2.75) is 38.6 Å². The number of piperazine rings is 1. The Morgan fingerprint density at radius 2 is 1.89 bits per heavy atom. The minimum Gasteiger partial charge on any atom is -0.368 e. The Hall–Kier alpha value is -1.69. The molecule has 1 aliphatic carbocycles. The van der Waals surface area contributed by atoms with Gasteiger partial charge in [-0.15, -0.1) is 0 Å².